The first-order valence-electron chi connectivity index (χ1n) is 3.58. The molecule has 0 saturated heterocycles. The zero-order chi connectivity index (χ0) is 8.91. The topological polar surface area (TPSA) is 43.1 Å². The average molecular weight is 153 g/mol. The zero-order valence-corrected chi connectivity index (χ0v) is 6.97. The SMILES string of the molecule is C=CCC(C)(CC=C)C(N)=O. The van der Waals surface area contributed by atoms with Crippen molar-refractivity contribution in [3.8, 4) is 0 Å². The molecule has 62 valence electrons. The monoisotopic (exact) mass is 153 g/mol. The van der Waals surface area contributed by atoms with Crippen molar-refractivity contribution < 1.29 is 4.79 Å². The molecule has 0 aromatic carbocycles. The molecule has 2 nitrogen and oxygen atoms in total. The Bertz CT molecular complexity index is 162. The molecule has 1 amide bonds. The third-order valence-electron chi connectivity index (χ3n) is 1.78. The van der Waals surface area contributed by atoms with Gasteiger partial charge < -0.3 is 5.73 Å². The molecule has 0 aliphatic rings. The Balaban J connectivity index is 4.35. The van der Waals surface area contributed by atoms with E-state index in [0.717, 1.165) is 0 Å². The summed E-state index contributed by atoms with van der Waals surface area (Å²) in [6, 6.07) is 0. The first-order valence-corrected chi connectivity index (χ1v) is 3.58. The molecule has 0 aliphatic carbocycles. The summed E-state index contributed by atoms with van der Waals surface area (Å²) in [5.74, 6) is -0.294. The summed E-state index contributed by atoms with van der Waals surface area (Å²) in [5, 5.41) is 0. The highest BCUT2D eigenvalue weighted by Gasteiger charge is 2.27. The molecule has 0 bridgehead atoms. The number of primary amides is 1. The van der Waals surface area contributed by atoms with E-state index in [1.807, 2.05) is 6.92 Å². The van der Waals surface area contributed by atoms with Crippen LogP contribution >= 0.6 is 0 Å². The van der Waals surface area contributed by atoms with E-state index >= 15 is 0 Å². The minimum absolute atomic E-state index is 0.294. The van der Waals surface area contributed by atoms with E-state index < -0.39 is 5.41 Å². The number of carbonyl (C=O) groups is 1. The van der Waals surface area contributed by atoms with E-state index in [1.54, 1.807) is 12.2 Å². The molecular weight excluding hydrogens is 138 g/mol. The van der Waals surface area contributed by atoms with Crippen LogP contribution in [0.4, 0.5) is 0 Å². The fraction of sp³-hybridized carbons (Fsp3) is 0.444. The second-order valence-electron chi connectivity index (χ2n) is 2.91. The largest absolute Gasteiger partial charge is 0.369 e. The highest BCUT2D eigenvalue weighted by molar-refractivity contribution is 5.80. The van der Waals surface area contributed by atoms with Crippen molar-refractivity contribution in [2.75, 3.05) is 0 Å². The minimum Gasteiger partial charge on any atom is -0.369 e. The third-order valence-corrected chi connectivity index (χ3v) is 1.78. The molecule has 0 saturated carbocycles. The Labute approximate surface area is 67.8 Å². The fourth-order valence-corrected chi connectivity index (χ4v) is 0.922. The molecular formula is C9H15NO. The molecule has 0 aromatic heterocycles. The predicted octanol–water partition coefficient (Wildman–Crippen LogP) is 1.63. The van der Waals surface area contributed by atoms with Crippen molar-refractivity contribution in [3.63, 3.8) is 0 Å². The maximum Gasteiger partial charge on any atom is 0.223 e. The van der Waals surface area contributed by atoms with Gasteiger partial charge in [0, 0.05) is 0 Å². The minimum atomic E-state index is -0.497. The number of allylic oxidation sites excluding steroid dienone is 2. The van der Waals surface area contributed by atoms with Crippen molar-refractivity contribution in [1.29, 1.82) is 0 Å². The zero-order valence-electron chi connectivity index (χ0n) is 6.97. The molecule has 0 aromatic rings. The Morgan fingerprint density at radius 2 is 1.82 bits per heavy atom. The number of amides is 1. The van der Waals surface area contributed by atoms with Crippen LogP contribution in [0.2, 0.25) is 0 Å². The van der Waals surface area contributed by atoms with Crippen LogP contribution in [-0.4, -0.2) is 5.91 Å². The standard InChI is InChI=1S/C9H15NO/c1-4-6-9(3,7-5-2)8(10)11/h4-5H,1-2,6-7H2,3H3,(H2,10,11). The van der Waals surface area contributed by atoms with E-state index in [2.05, 4.69) is 13.2 Å². The van der Waals surface area contributed by atoms with Gasteiger partial charge in [0.05, 0.1) is 5.41 Å². The van der Waals surface area contributed by atoms with Crippen LogP contribution in [0.25, 0.3) is 0 Å². The molecule has 11 heavy (non-hydrogen) atoms. The maximum absolute atomic E-state index is 10.9. The quantitative estimate of drug-likeness (QED) is 0.599. The van der Waals surface area contributed by atoms with E-state index in [9.17, 15) is 4.79 Å². The second-order valence-corrected chi connectivity index (χ2v) is 2.91. The van der Waals surface area contributed by atoms with Crippen LogP contribution in [0.15, 0.2) is 25.3 Å². The summed E-state index contributed by atoms with van der Waals surface area (Å²) in [6.45, 7) is 8.95. The third kappa shape index (κ3) is 2.58. The van der Waals surface area contributed by atoms with Gasteiger partial charge in [0.1, 0.15) is 0 Å². The summed E-state index contributed by atoms with van der Waals surface area (Å²) in [4.78, 5) is 10.9. The van der Waals surface area contributed by atoms with Gasteiger partial charge in [-0.3, -0.25) is 4.79 Å². The number of hydrogen-bond donors (Lipinski definition) is 1. The summed E-state index contributed by atoms with van der Waals surface area (Å²) in [6.07, 6.45) is 4.62. The van der Waals surface area contributed by atoms with E-state index in [4.69, 9.17) is 5.73 Å². The van der Waals surface area contributed by atoms with Gasteiger partial charge in [-0.15, -0.1) is 13.2 Å². The van der Waals surface area contributed by atoms with Crippen LogP contribution < -0.4 is 5.73 Å². The Kier molecular flexibility index (Phi) is 3.58. The number of hydrogen-bond acceptors (Lipinski definition) is 1. The first kappa shape index (κ1) is 9.95. The van der Waals surface area contributed by atoms with Crippen LogP contribution in [-0.2, 0) is 4.79 Å². The van der Waals surface area contributed by atoms with Gasteiger partial charge in [0.25, 0.3) is 0 Å². The Morgan fingerprint density at radius 3 is 2.00 bits per heavy atom. The van der Waals surface area contributed by atoms with Crippen molar-refractivity contribution in [3.05, 3.63) is 25.3 Å². The lowest BCUT2D eigenvalue weighted by Crippen LogP contribution is -2.33. The average Bonchev–Trinajstić information content (AvgIpc) is 1.88. The molecule has 0 unspecified atom stereocenters. The molecule has 0 rings (SSSR count). The lowest BCUT2D eigenvalue weighted by atomic mass is 9.83. The second kappa shape index (κ2) is 3.96. The number of rotatable bonds is 5. The molecule has 2 N–H and O–H groups in total. The van der Waals surface area contributed by atoms with Crippen LogP contribution in [0.5, 0.6) is 0 Å². The number of nitrogens with two attached hydrogens (primary N) is 1. The van der Waals surface area contributed by atoms with Crippen LogP contribution in [0, 0.1) is 5.41 Å². The van der Waals surface area contributed by atoms with Gasteiger partial charge >= 0.3 is 0 Å². The lowest BCUT2D eigenvalue weighted by molar-refractivity contribution is -0.126. The first-order chi connectivity index (χ1) is 5.06. The summed E-state index contributed by atoms with van der Waals surface area (Å²) >= 11 is 0. The molecule has 2 heteroatoms. The predicted molar refractivity (Wildman–Crippen MR) is 46.9 cm³/mol. The molecule has 0 fully saturated rings. The maximum atomic E-state index is 10.9. The molecule has 0 heterocycles. The Hall–Kier alpha value is -1.05. The summed E-state index contributed by atoms with van der Waals surface area (Å²) < 4.78 is 0. The van der Waals surface area contributed by atoms with Gasteiger partial charge in [0.2, 0.25) is 5.91 Å². The molecule has 0 atom stereocenters. The summed E-state index contributed by atoms with van der Waals surface area (Å²) in [5.41, 5.74) is 4.71. The fourth-order valence-electron chi connectivity index (χ4n) is 0.922. The van der Waals surface area contributed by atoms with Gasteiger partial charge in [-0.1, -0.05) is 19.1 Å². The van der Waals surface area contributed by atoms with Crippen molar-refractivity contribution in [2.45, 2.75) is 19.8 Å². The van der Waals surface area contributed by atoms with E-state index in [0.29, 0.717) is 12.8 Å². The molecule has 0 aliphatic heterocycles. The van der Waals surface area contributed by atoms with Gasteiger partial charge in [0.15, 0.2) is 0 Å². The summed E-state index contributed by atoms with van der Waals surface area (Å²) in [7, 11) is 0. The highest BCUT2D eigenvalue weighted by Crippen LogP contribution is 2.25. The van der Waals surface area contributed by atoms with Crippen molar-refractivity contribution in [2.24, 2.45) is 11.1 Å². The van der Waals surface area contributed by atoms with Gasteiger partial charge in [-0.2, -0.15) is 0 Å². The molecule has 0 radical (unpaired) electrons. The normalized spacial score (nSPS) is 10.6. The van der Waals surface area contributed by atoms with Crippen LogP contribution in [0.3, 0.4) is 0 Å². The van der Waals surface area contributed by atoms with E-state index in [1.165, 1.54) is 0 Å². The van der Waals surface area contributed by atoms with Gasteiger partial charge in [-0.05, 0) is 12.8 Å². The highest BCUT2D eigenvalue weighted by atomic mass is 16.1. The van der Waals surface area contributed by atoms with Crippen molar-refractivity contribution >= 4 is 5.91 Å². The van der Waals surface area contributed by atoms with E-state index in [-0.39, 0.29) is 5.91 Å². The number of carbonyl (C=O) groups excluding carboxylic acids is 1. The lowest BCUT2D eigenvalue weighted by Gasteiger charge is -2.22. The van der Waals surface area contributed by atoms with Crippen LogP contribution in [0.1, 0.15) is 19.8 Å². The smallest absolute Gasteiger partial charge is 0.223 e. The Morgan fingerprint density at radius 1 is 1.45 bits per heavy atom. The molecule has 0 spiro atoms. The van der Waals surface area contributed by atoms with Crippen molar-refractivity contribution in [1.82, 2.24) is 0 Å². The van der Waals surface area contributed by atoms with Gasteiger partial charge in [-0.25, -0.2) is 0 Å².